The number of ether oxygens (including phenoxy) is 2. The van der Waals surface area contributed by atoms with E-state index in [4.69, 9.17) is 31.0 Å². The average molecular weight is 743 g/mol. The number of rotatable bonds is 12. The molecule has 4 heterocycles. The van der Waals surface area contributed by atoms with Gasteiger partial charge in [-0.15, -0.1) is 0 Å². The highest BCUT2D eigenvalue weighted by molar-refractivity contribution is 6.36. The van der Waals surface area contributed by atoms with Gasteiger partial charge in [0.25, 0.3) is 0 Å². The first-order valence-corrected chi connectivity index (χ1v) is 19.1. The molecule has 282 valence electrons. The van der Waals surface area contributed by atoms with Crippen LogP contribution in [0.1, 0.15) is 64.1 Å². The van der Waals surface area contributed by atoms with E-state index < -0.39 is 5.60 Å². The van der Waals surface area contributed by atoms with Crippen LogP contribution in [0, 0.1) is 11.3 Å². The fourth-order valence-corrected chi connectivity index (χ4v) is 7.97. The number of halogens is 1. The predicted octanol–water partition coefficient (Wildman–Crippen LogP) is 6.11. The van der Waals surface area contributed by atoms with E-state index in [1.807, 2.05) is 32.9 Å². The third-order valence-electron chi connectivity index (χ3n) is 10.2. The SMILES string of the molecule is C=CC(=O)N1CCN(c2nc(OC[C@@H]3CCCN3CCCCNC(=O)OC(C)(C)C)nc3c2CCN(c2cccc4cccc(Cl)c24)C3)C[C@@H]1CC#N. The van der Waals surface area contributed by atoms with Crippen molar-refractivity contribution >= 4 is 45.9 Å². The molecule has 3 aliphatic rings. The van der Waals surface area contributed by atoms with Gasteiger partial charge in [0.15, 0.2) is 0 Å². The van der Waals surface area contributed by atoms with Crippen molar-refractivity contribution in [1.29, 1.82) is 5.26 Å². The minimum Gasteiger partial charge on any atom is -0.462 e. The number of nitrogens with one attached hydrogen (secondary N) is 1. The van der Waals surface area contributed by atoms with Gasteiger partial charge in [-0.1, -0.05) is 42.4 Å². The maximum atomic E-state index is 12.7. The molecular weight excluding hydrogens is 692 g/mol. The second kappa shape index (κ2) is 17.0. The molecule has 0 unspecified atom stereocenters. The molecule has 53 heavy (non-hydrogen) atoms. The highest BCUT2D eigenvalue weighted by Crippen LogP contribution is 2.37. The van der Waals surface area contributed by atoms with Crippen molar-refractivity contribution in [3.63, 3.8) is 0 Å². The summed E-state index contributed by atoms with van der Waals surface area (Å²) >= 11 is 6.75. The lowest BCUT2D eigenvalue weighted by Gasteiger charge is -2.42. The number of aromatic nitrogens is 2. The zero-order valence-electron chi connectivity index (χ0n) is 31.2. The molecule has 3 aromatic rings. The zero-order valence-corrected chi connectivity index (χ0v) is 31.9. The van der Waals surface area contributed by atoms with Gasteiger partial charge in [-0.3, -0.25) is 9.69 Å². The van der Waals surface area contributed by atoms with Crippen LogP contribution in [0.15, 0.2) is 49.1 Å². The van der Waals surface area contributed by atoms with Crippen LogP contribution < -0.4 is 19.9 Å². The summed E-state index contributed by atoms with van der Waals surface area (Å²) in [6, 6.07) is 14.8. The Balaban J connectivity index is 1.19. The summed E-state index contributed by atoms with van der Waals surface area (Å²) in [5, 5.41) is 15.3. The second-order valence-corrected chi connectivity index (χ2v) is 15.4. The van der Waals surface area contributed by atoms with Crippen LogP contribution in [0.2, 0.25) is 5.02 Å². The van der Waals surface area contributed by atoms with Crippen LogP contribution in [-0.2, 0) is 22.5 Å². The predicted molar refractivity (Wildman–Crippen MR) is 207 cm³/mol. The van der Waals surface area contributed by atoms with E-state index in [1.54, 1.807) is 4.90 Å². The molecule has 2 fully saturated rings. The molecule has 1 aromatic heterocycles. The first kappa shape index (κ1) is 38.1. The number of carbonyl (C=O) groups excluding carboxylic acids is 2. The van der Waals surface area contributed by atoms with Crippen LogP contribution in [0.5, 0.6) is 6.01 Å². The molecule has 2 atom stereocenters. The molecule has 1 N–H and O–H groups in total. The van der Waals surface area contributed by atoms with Crippen molar-refractivity contribution < 1.29 is 19.1 Å². The van der Waals surface area contributed by atoms with E-state index >= 15 is 0 Å². The summed E-state index contributed by atoms with van der Waals surface area (Å²) in [4.78, 5) is 43.5. The Morgan fingerprint density at radius 2 is 1.89 bits per heavy atom. The number of nitrogens with zero attached hydrogens (tertiary/aromatic N) is 7. The Labute approximate surface area is 317 Å². The summed E-state index contributed by atoms with van der Waals surface area (Å²) < 4.78 is 11.8. The van der Waals surface area contributed by atoms with Gasteiger partial charge in [0, 0.05) is 55.4 Å². The molecule has 0 saturated carbocycles. The zero-order chi connectivity index (χ0) is 37.5. The number of piperazine rings is 1. The fourth-order valence-electron chi connectivity index (χ4n) is 7.69. The van der Waals surface area contributed by atoms with E-state index in [2.05, 4.69) is 56.9 Å². The first-order valence-electron chi connectivity index (χ1n) is 18.7. The number of hydrogen-bond donors (Lipinski definition) is 1. The van der Waals surface area contributed by atoms with Gasteiger partial charge in [0.1, 0.15) is 18.0 Å². The number of carbonyl (C=O) groups is 2. The number of anilines is 2. The molecule has 6 rings (SSSR count). The molecule has 13 heteroatoms. The lowest BCUT2D eigenvalue weighted by atomic mass is 10.0. The highest BCUT2D eigenvalue weighted by atomic mass is 35.5. The maximum absolute atomic E-state index is 12.7. The number of unbranched alkanes of at least 4 members (excludes halogenated alkanes) is 1. The lowest BCUT2D eigenvalue weighted by molar-refractivity contribution is -0.128. The Morgan fingerprint density at radius 3 is 2.66 bits per heavy atom. The number of alkyl carbamates (subject to hydrolysis) is 1. The molecular formula is C40H51ClN8O4. The van der Waals surface area contributed by atoms with Gasteiger partial charge >= 0.3 is 12.1 Å². The van der Waals surface area contributed by atoms with Crippen LogP contribution in [0.3, 0.4) is 0 Å². The van der Waals surface area contributed by atoms with Crippen molar-refractivity contribution in [3.8, 4) is 12.1 Å². The van der Waals surface area contributed by atoms with Gasteiger partial charge in [0.2, 0.25) is 5.91 Å². The molecule has 2 aromatic carbocycles. The highest BCUT2D eigenvalue weighted by Gasteiger charge is 2.34. The smallest absolute Gasteiger partial charge is 0.407 e. The number of likely N-dealkylation sites (tertiary alicyclic amines) is 1. The summed E-state index contributed by atoms with van der Waals surface area (Å²) in [5.41, 5.74) is 2.53. The summed E-state index contributed by atoms with van der Waals surface area (Å²) in [6.07, 6.45) is 5.81. The Kier molecular flexibility index (Phi) is 12.3. The van der Waals surface area contributed by atoms with E-state index in [0.717, 1.165) is 85.3 Å². The van der Waals surface area contributed by atoms with Crippen LogP contribution in [-0.4, -0.2) is 102 Å². The minimum atomic E-state index is -0.513. The first-order chi connectivity index (χ1) is 25.5. The van der Waals surface area contributed by atoms with Gasteiger partial charge in [-0.2, -0.15) is 15.2 Å². The number of fused-ring (bicyclic) bond motifs is 2. The monoisotopic (exact) mass is 742 g/mol. The van der Waals surface area contributed by atoms with Gasteiger partial charge in [0.05, 0.1) is 35.8 Å². The van der Waals surface area contributed by atoms with Crippen molar-refractivity contribution in [2.45, 2.75) is 83.5 Å². The normalized spacial score (nSPS) is 19.1. The minimum absolute atomic E-state index is 0.163. The third-order valence-corrected chi connectivity index (χ3v) is 10.5. The summed E-state index contributed by atoms with van der Waals surface area (Å²) in [7, 11) is 0. The van der Waals surface area contributed by atoms with Crippen LogP contribution >= 0.6 is 11.6 Å². The molecule has 2 amide bonds. The van der Waals surface area contributed by atoms with Gasteiger partial charge in [-0.05, 0) is 89.6 Å². The second-order valence-electron chi connectivity index (χ2n) is 15.0. The fraction of sp³-hybridized carbons (Fsp3) is 0.525. The summed E-state index contributed by atoms with van der Waals surface area (Å²) in [5.74, 6) is 0.651. The van der Waals surface area contributed by atoms with Gasteiger partial charge < -0.3 is 29.5 Å². The quantitative estimate of drug-likeness (QED) is 0.172. The summed E-state index contributed by atoms with van der Waals surface area (Å²) in [6.45, 7) is 15.1. The van der Waals surface area contributed by atoms with Crippen molar-refractivity contribution in [2.24, 2.45) is 0 Å². The number of amides is 2. The number of nitriles is 1. The molecule has 0 radical (unpaired) electrons. The molecule has 0 aliphatic carbocycles. The van der Waals surface area contributed by atoms with Crippen LogP contribution in [0.4, 0.5) is 16.3 Å². The maximum Gasteiger partial charge on any atom is 0.407 e. The largest absolute Gasteiger partial charge is 0.462 e. The standard InChI is InChI=1S/C40H51ClN8O4/c1-5-35(50)49-24-23-48(25-29(49)16-18-42)37-31-17-22-47(34-15-9-12-28-11-8-14-32(41)36(28)34)26-33(31)44-38(45-37)52-27-30-13-10-21-46(30)20-7-6-19-43-39(51)53-40(2,3)4/h5,8-9,11-12,14-15,29-30H,1,6-7,10,13,16-17,19-27H2,2-4H3,(H,43,51)/t29-,30-/m0/s1. The molecule has 2 saturated heterocycles. The van der Waals surface area contributed by atoms with E-state index in [1.165, 1.54) is 6.08 Å². The Bertz CT molecular complexity index is 1840. The van der Waals surface area contributed by atoms with Crippen LogP contribution in [0.25, 0.3) is 10.8 Å². The van der Waals surface area contributed by atoms with Crippen molar-refractivity contribution in [1.82, 2.24) is 25.1 Å². The lowest BCUT2D eigenvalue weighted by Crippen LogP contribution is -2.55. The van der Waals surface area contributed by atoms with Gasteiger partial charge in [-0.25, -0.2) is 4.79 Å². The molecule has 12 nitrogen and oxygen atoms in total. The average Bonchev–Trinajstić information content (AvgIpc) is 3.59. The molecule has 0 bridgehead atoms. The molecule has 3 aliphatic heterocycles. The van der Waals surface area contributed by atoms with E-state index in [0.29, 0.717) is 50.4 Å². The Hall–Kier alpha value is -4.60. The molecule has 0 spiro atoms. The van der Waals surface area contributed by atoms with E-state index in [9.17, 15) is 14.9 Å². The van der Waals surface area contributed by atoms with Crippen molar-refractivity contribution in [3.05, 3.63) is 65.3 Å². The van der Waals surface area contributed by atoms with Crippen molar-refractivity contribution in [2.75, 3.05) is 62.2 Å². The Morgan fingerprint density at radius 1 is 1.08 bits per heavy atom. The topological polar surface area (TPSA) is 127 Å². The number of hydrogen-bond acceptors (Lipinski definition) is 10. The number of benzene rings is 2. The van der Waals surface area contributed by atoms with E-state index in [-0.39, 0.29) is 30.5 Å². The third kappa shape index (κ3) is 9.32.